The van der Waals surface area contributed by atoms with Gasteiger partial charge in [0.15, 0.2) is 0 Å². The Labute approximate surface area is 92.5 Å². The molecule has 0 aromatic carbocycles. The smallest absolute Gasteiger partial charge is 0.303 e. The summed E-state index contributed by atoms with van der Waals surface area (Å²) in [4.78, 5) is 13.1. The molecule has 0 saturated carbocycles. The van der Waals surface area contributed by atoms with Crippen LogP contribution in [-0.2, 0) is 4.79 Å². The van der Waals surface area contributed by atoms with E-state index < -0.39 is 5.97 Å². The normalized spacial score (nSPS) is 23.1. The molecule has 1 heterocycles. The highest BCUT2D eigenvalue weighted by Gasteiger charge is 2.22. The van der Waals surface area contributed by atoms with Crippen LogP contribution in [0.4, 0.5) is 0 Å². The minimum atomic E-state index is -0.677. The summed E-state index contributed by atoms with van der Waals surface area (Å²) < 4.78 is 0. The number of likely N-dealkylation sites (tertiary alicyclic amines) is 1. The van der Waals surface area contributed by atoms with Gasteiger partial charge in [0.2, 0.25) is 0 Å². The number of rotatable bonds is 4. The van der Waals surface area contributed by atoms with Crippen LogP contribution in [0.2, 0.25) is 0 Å². The van der Waals surface area contributed by atoms with E-state index in [0.29, 0.717) is 6.04 Å². The van der Waals surface area contributed by atoms with Crippen molar-refractivity contribution in [2.45, 2.75) is 52.0 Å². The second-order valence-electron chi connectivity index (χ2n) is 4.77. The first-order valence-electron chi connectivity index (χ1n) is 6.07. The first kappa shape index (κ1) is 12.5. The summed E-state index contributed by atoms with van der Waals surface area (Å²) >= 11 is 0. The molecule has 0 bridgehead atoms. The third-order valence-corrected chi connectivity index (χ3v) is 3.54. The van der Waals surface area contributed by atoms with E-state index in [-0.39, 0.29) is 12.3 Å². The van der Waals surface area contributed by atoms with Crippen molar-refractivity contribution in [3.8, 4) is 0 Å². The van der Waals surface area contributed by atoms with Gasteiger partial charge in [-0.25, -0.2) is 0 Å². The summed E-state index contributed by atoms with van der Waals surface area (Å²) in [5, 5.41) is 8.77. The topological polar surface area (TPSA) is 40.5 Å². The summed E-state index contributed by atoms with van der Waals surface area (Å²) in [5.74, 6) is -0.426. The van der Waals surface area contributed by atoms with Crippen molar-refractivity contribution in [1.29, 1.82) is 0 Å². The molecule has 15 heavy (non-hydrogen) atoms. The highest BCUT2D eigenvalue weighted by molar-refractivity contribution is 5.67. The lowest BCUT2D eigenvalue weighted by Gasteiger charge is -2.31. The minimum absolute atomic E-state index is 0.251. The Morgan fingerprint density at radius 2 is 1.73 bits per heavy atom. The summed E-state index contributed by atoms with van der Waals surface area (Å²) in [5.41, 5.74) is 0. The fourth-order valence-corrected chi connectivity index (χ4v) is 2.31. The summed E-state index contributed by atoms with van der Waals surface area (Å²) in [6.07, 6.45) is 5.49. The molecule has 0 radical (unpaired) electrons. The van der Waals surface area contributed by atoms with Gasteiger partial charge in [-0.05, 0) is 38.8 Å². The van der Waals surface area contributed by atoms with Crippen molar-refractivity contribution in [1.82, 2.24) is 4.90 Å². The Morgan fingerprint density at radius 1 is 1.20 bits per heavy atom. The Morgan fingerprint density at radius 3 is 2.20 bits per heavy atom. The molecule has 0 aliphatic carbocycles. The molecule has 1 aliphatic heterocycles. The number of aliphatic carboxylic acids is 1. The monoisotopic (exact) mass is 213 g/mol. The maximum Gasteiger partial charge on any atom is 0.303 e. The summed E-state index contributed by atoms with van der Waals surface area (Å²) in [7, 11) is 0. The number of carboxylic acids is 1. The molecule has 1 aliphatic rings. The second kappa shape index (κ2) is 6.11. The number of nitrogens with zero attached hydrogens (tertiary/aromatic N) is 1. The van der Waals surface area contributed by atoms with Gasteiger partial charge in [0.1, 0.15) is 0 Å². The van der Waals surface area contributed by atoms with Crippen LogP contribution < -0.4 is 0 Å². The molecule has 0 spiro atoms. The van der Waals surface area contributed by atoms with Crippen LogP contribution in [0.3, 0.4) is 0 Å². The highest BCUT2D eigenvalue weighted by atomic mass is 16.4. The van der Waals surface area contributed by atoms with Crippen LogP contribution in [0.1, 0.15) is 46.0 Å². The molecule has 3 heteroatoms. The molecular weight excluding hydrogens is 190 g/mol. The van der Waals surface area contributed by atoms with E-state index in [2.05, 4.69) is 11.8 Å². The van der Waals surface area contributed by atoms with Crippen molar-refractivity contribution >= 4 is 5.97 Å². The lowest BCUT2D eigenvalue weighted by atomic mass is 9.98. The minimum Gasteiger partial charge on any atom is -0.481 e. The van der Waals surface area contributed by atoms with Gasteiger partial charge in [-0.1, -0.05) is 19.8 Å². The van der Waals surface area contributed by atoms with E-state index in [1.165, 1.54) is 25.7 Å². The standard InChI is InChI=1S/C12H23NO2/c1-10(9-12(14)15)11(2)13-7-5-3-4-6-8-13/h10-11H,3-9H2,1-2H3,(H,14,15). The molecule has 0 aromatic rings. The average molecular weight is 213 g/mol. The molecule has 2 unspecified atom stereocenters. The number of hydrogen-bond donors (Lipinski definition) is 1. The van der Waals surface area contributed by atoms with Crippen molar-refractivity contribution in [3.63, 3.8) is 0 Å². The Bertz CT molecular complexity index is 198. The van der Waals surface area contributed by atoms with Crippen LogP contribution in [0.5, 0.6) is 0 Å². The van der Waals surface area contributed by atoms with Crippen molar-refractivity contribution in [3.05, 3.63) is 0 Å². The van der Waals surface area contributed by atoms with Gasteiger partial charge in [0, 0.05) is 12.5 Å². The van der Waals surface area contributed by atoms with E-state index in [1.54, 1.807) is 0 Å². The van der Waals surface area contributed by atoms with Crippen molar-refractivity contribution < 1.29 is 9.90 Å². The van der Waals surface area contributed by atoms with Crippen LogP contribution in [0, 0.1) is 5.92 Å². The Balaban J connectivity index is 2.42. The SMILES string of the molecule is CC(CC(=O)O)C(C)N1CCCCCC1. The van der Waals surface area contributed by atoms with Crippen LogP contribution >= 0.6 is 0 Å². The lowest BCUT2D eigenvalue weighted by molar-refractivity contribution is -0.138. The molecule has 1 saturated heterocycles. The van der Waals surface area contributed by atoms with Crippen LogP contribution in [0.15, 0.2) is 0 Å². The maximum absolute atomic E-state index is 10.6. The highest BCUT2D eigenvalue weighted by Crippen LogP contribution is 2.19. The molecule has 1 fully saturated rings. The van der Waals surface area contributed by atoms with Gasteiger partial charge >= 0.3 is 5.97 Å². The van der Waals surface area contributed by atoms with E-state index in [1.807, 2.05) is 6.92 Å². The fraction of sp³-hybridized carbons (Fsp3) is 0.917. The second-order valence-corrected chi connectivity index (χ2v) is 4.77. The van der Waals surface area contributed by atoms with Gasteiger partial charge < -0.3 is 10.0 Å². The van der Waals surface area contributed by atoms with Gasteiger partial charge in [-0.15, -0.1) is 0 Å². The molecule has 1 rings (SSSR count). The zero-order valence-electron chi connectivity index (χ0n) is 9.91. The van der Waals surface area contributed by atoms with Crippen molar-refractivity contribution in [2.75, 3.05) is 13.1 Å². The summed E-state index contributed by atoms with van der Waals surface area (Å²) in [6, 6.07) is 0.402. The molecule has 1 N–H and O–H groups in total. The average Bonchev–Trinajstić information content (AvgIpc) is 2.43. The zero-order valence-corrected chi connectivity index (χ0v) is 9.91. The first-order chi connectivity index (χ1) is 7.11. The quantitative estimate of drug-likeness (QED) is 0.779. The predicted octanol–water partition coefficient (Wildman–Crippen LogP) is 2.36. The largest absolute Gasteiger partial charge is 0.481 e. The lowest BCUT2D eigenvalue weighted by Crippen LogP contribution is -2.38. The molecular formula is C12H23NO2. The third kappa shape index (κ3) is 4.20. The van der Waals surface area contributed by atoms with E-state index in [4.69, 9.17) is 5.11 Å². The maximum atomic E-state index is 10.6. The Kier molecular flexibility index (Phi) is 5.09. The van der Waals surface area contributed by atoms with Gasteiger partial charge in [-0.2, -0.15) is 0 Å². The van der Waals surface area contributed by atoms with Crippen molar-refractivity contribution in [2.24, 2.45) is 5.92 Å². The molecule has 0 amide bonds. The van der Waals surface area contributed by atoms with Crippen LogP contribution in [-0.4, -0.2) is 35.1 Å². The van der Waals surface area contributed by atoms with E-state index in [0.717, 1.165) is 13.1 Å². The Hall–Kier alpha value is -0.570. The van der Waals surface area contributed by atoms with Gasteiger partial charge in [-0.3, -0.25) is 4.79 Å². The summed E-state index contributed by atoms with van der Waals surface area (Å²) in [6.45, 7) is 6.50. The first-order valence-corrected chi connectivity index (χ1v) is 6.07. The number of carboxylic acid groups (broad SMARTS) is 1. The van der Waals surface area contributed by atoms with Gasteiger partial charge in [0.05, 0.1) is 0 Å². The molecule has 2 atom stereocenters. The third-order valence-electron chi connectivity index (χ3n) is 3.54. The van der Waals surface area contributed by atoms with E-state index in [9.17, 15) is 4.79 Å². The number of carbonyl (C=O) groups is 1. The predicted molar refractivity (Wildman–Crippen MR) is 60.9 cm³/mol. The van der Waals surface area contributed by atoms with Gasteiger partial charge in [0.25, 0.3) is 0 Å². The zero-order chi connectivity index (χ0) is 11.3. The number of hydrogen-bond acceptors (Lipinski definition) is 2. The molecule has 0 aromatic heterocycles. The molecule has 88 valence electrons. The molecule has 3 nitrogen and oxygen atoms in total. The van der Waals surface area contributed by atoms with E-state index >= 15 is 0 Å². The van der Waals surface area contributed by atoms with Crippen LogP contribution in [0.25, 0.3) is 0 Å². The fourth-order valence-electron chi connectivity index (χ4n) is 2.31.